The van der Waals surface area contributed by atoms with Crippen LogP contribution in [0.15, 0.2) is 162 Å². The van der Waals surface area contributed by atoms with Gasteiger partial charge in [0.2, 0.25) is 0 Å². The summed E-state index contributed by atoms with van der Waals surface area (Å²) in [6.45, 7) is 2.12. The summed E-state index contributed by atoms with van der Waals surface area (Å²) in [5.41, 5.74) is 15.9. The Labute approximate surface area is 295 Å². The lowest BCUT2D eigenvalue weighted by Gasteiger charge is -2.25. The molecule has 237 valence electrons. The van der Waals surface area contributed by atoms with E-state index in [0.29, 0.717) is 0 Å². The predicted octanol–water partition coefficient (Wildman–Crippen LogP) is 11.2. The zero-order valence-corrected chi connectivity index (χ0v) is 27.9. The Morgan fingerprint density at radius 3 is 2.20 bits per heavy atom. The smallest absolute Gasteiger partial charge is 0.198 e. The van der Waals surface area contributed by atoms with E-state index in [1.165, 1.54) is 66.0 Å². The van der Waals surface area contributed by atoms with Gasteiger partial charge in [-0.05, 0) is 76.9 Å². The van der Waals surface area contributed by atoms with Crippen molar-refractivity contribution in [3.05, 3.63) is 163 Å². The molecule has 3 heterocycles. The number of nitrogens with one attached hydrogen (secondary N) is 1. The lowest BCUT2D eigenvalue weighted by Crippen LogP contribution is -2.37. The minimum atomic E-state index is 0.899. The van der Waals surface area contributed by atoms with Crippen LogP contribution in [0.3, 0.4) is 0 Å². The van der Waals surface area contributed by atoms with Gasteiger partial charge in [0, 0.05) is 55.1 Å². The van der Waals surface area contributed by atoms with Crippen LogP contribution < -0.4 is 16.2 Å². The third-order valence-electron chi connectivity index (χ3n) is 10.7. The first-order valence-corrected chi connectivity index (χ1v) is 17.5. The van der Waals surface area contributed by atoms with Gasteiger partial charge in [-0.25, -0.2) is 0 Å². The van der Waals surface area contributed by atoms with Gasteiger partial charge in [0.1, 0.15) is 11.2 Å². The maximum absolute atomic E-state index is 6.47. The zero-order chi connectivity index (χ0) is 33.6. The standard InChI is InChI=1S/C47H30BN2O/c1-28-19-22-31(23-20-28)49-40-17-9-7-15-33(40)38-25-36(29-11-3-2-4-12-29)44-35-24-21-30-13-5-6-14-32(30)46(35)50-41-26-37-34-16-8-10-18-42(34)51-43(37)27-39(41)48-45(38)47(44)50/h2-27,49H,1H3. The Balaban J connectivity index is 1.31. The van der Waals surface area contributed by atoms with Crippen molar-refractivity contribution in [1.82, 2.24) is 4.57 Å². The van der Waals surface area contributed by atoms with E-state index in [1.807, 2.05) is 6.07 Å². The molecule has 1 aliphatic rings. The lowest BCUT2D eigenvalue weighted by molar-refractivity contribution is 0.669. The van der Waals surface area contributed by atoms with Gasteiger partial charge < -0.3 is 14.3 Å². The lowest BCUT2D eigenvalue weighted by atomic mass is 9.58. The zero-order valence-electron chi connectivity index (χ0n) is 27.9. The van der Waals surface area contributed by atoms with Crippen molar-refractivity contribution in [2.75, 3.05) is 5.32 Å². The van der Waals surface area contributed by atoms with Crippen molar-refractivity contribution in [2.24, 2.45) is 0 Å². The minimum absolute atomic E-state index is 0.899. The summed E-state index contributed by atoms with van der Waals surface area (Å²) >= 11 is 0. The van der Waals surface area contributed by atoms with Crippen LogP contribution in [0, 0.1) is 6.92 Å². The molecule has 3 nitrogen and oxygen atoms in total. The second-order valence-corrected chi connectivity index (χ2v) is 13.7. The van der Waals surface area contributed by atoms with Gasteiger partial charge in [-0.2, -0.15) is 0 Å². The highest BCUT2D eigenvalue weighted by atomic mass is 16.3. The predicted molar refractivity (Wildman–Crippen MR) is 216 cm³/mol. The molecule has 1 N–H and O–H groups in total. The van der Waals surface area contributed by atoms with Crippen molar-refractivity contribution in [3.63, 3.8) is 0 Å². The number of rotatable bonds is 4. The summed E-state index contributed by atoms with van der Waals surface area (Å²) in [6.07, 6.45) is 0. The Morgan fingerprint density at radius 1 is 0.549 bits per heavy atom. The molecule has 1 aliphatic heterocycles. The average Bonchev–Trinajstić information content (AvgIpc) is 3.72. The Bertz CT molecular complexity index is 3030. The first-order chi connectivity index (χ1) is 25.2. The van der Waals surface area contributed by atoms with Crippen LogP contribution in [-0.2, 0) is 0 Å². The molecule has 10 aromatic rings. The fourth-order valence-electron chi connectivity index (χ4n) is 8.31. The molecule has 0 aliphatic carbocycles. The van der Waals surface area contributed by atoms with E-state index in [4.69, 9.17) is 4.42 Å². The van der Waals surface area contributed by atoms with E-state index < -0.39 is 0 Å². The van der Waals surface area contributed by atoms with Gasteiger partial charge in [-0.15, -0.1) is 0 Å². The second-order valence-electron chi connectivity index (χ2n) is 13.7. The Morgan fingerprint density at radius 2 is 1.31 bits per heavy atom. The molecule has 4 heteroatoms. The number of benzene rings is 8. The summed E-state index contributed by atoms with van der Waals surface area (Å²) in [5, 5.41) is 11.0. The van der Waals surface area contributed by atoms with Crippen molar-refractivity contribution in [3.8, 4) is 27.9 Å². The maximum atomic E-state index is 6.47. The molecule has 0 unspecified atom stereocenters. The minimum Gasteiger partial charge on any atom is -0.456 e. The van der Waals surface area contributed by atoms with Crippen LogP contribution in [0.4, 0.5) is 11.4 Å². The van der Waals surface area contributed by atoms with Gasteiger partial charge in [-0.1, -0.05) is 126 Å². The van der Waals surface area contributed by atoms with Crippen LogP contribution >= 0.6 is 0 Å². The number of fused-ring (bicyclic) bond motifs is 10. The number of hydrogen-bond donors (Lipinski definition) is 1. The molecule has 2 aromatic heterocycles. The van der Waals surface area contributed by atoms with Gasteiger partial charge in [0.25, 0.3) is 0 Å². The van der Waals surface area contributed by atoms with Crippen molar-refractivity contribution >= 4 is 84.1 Å². The third-order valence-corrected chi connectivity index (χ3v) is 10.7. The number of anilines is 2. The highest BCUT2D eigenvalue weighted by Crippen LogP contribution is 2.45. The van der Waals surface area contributed by atoms with Gasteiger partial charge in [-0.3, -0.25) is 0 Å². The number of nitrogens with zero attached hydrogens (tertiary/aromatic N) is 1. The van der Waals surface area contributed by atoms with Crippen LogP contribution in [0.2, 0.25) is 0 Å². The molecule has 51 heavy (non-hydrogen) atoms. The average molecular weight is 650 g/mol. The van der Waals surface area contributed by atoms with Crippen molar-refractivity contribution in [2.45, 2.75) is 6.92 Å². The summed E-state index contributed by atoms with van der Waals surface area (Å²) in [4.78, 5) is 0. The molecule has 0 saturated carbocycles. The Hall–Kier alpha value is -6.52. The second kappa shape index (κ2) is 10.7. The number of aromatic nitrogens is 1. The summed E-state index contributed by atoms with van der Waals surface area (Å²) in [5.74, 6) is 0. The molecule has 8 aromatic carbocycles. The van der Waals surface area contributed by atoms with E-state index in [-0.39, 0.29) is 0 Å². The maximum Gasteiger partial charge on any atom is 0.198 e. The number of furan rings is 1. The van der Waals surface area contributed by atoms with Crippen LogP contribution in [0.5, 0.6) is 0 Å². The highest BCUT2D eigenvalue weighted by molar-refractivity contribution is 6.74. The molecule has 0 bridgehead atoms. The van der Waals surface area contributed by atoms with Gasteiger partial charge in [0.05, 0.1) is 5.52 Å². The molecular formula is C47H30BN2O. The number of aryl methyl sites for hydroxylation is 1. The SMILES string of the molecule is Cc1ccc(Nc2ccccc2-c2cc(-c3ccccc3)c3c4ccc5ccccc5c4n4c3c2[B]c2cc3oc5ccccc5c3cc2-4)cc1. The van der Waals surface area contributed by atoms with E-state index >= 15 is 0 Å². The normalized spacial score (nSPS) is 12.2. The molecule has 0 saturated heterocycles. The molecule has 0 atom stereocenters. The molecular weight excluding hydrogens is 619 g/mol. The monoisotopic (exact) mass is 649 g/mol. The largest absolute Gasteiger partial charge is 0.456 e. The molecule has 11 rings (SSSR count). The molecule has 0 spiro atoms. The molecule has 1 radical (unpaired) electrons. The quantitative estimate of drug-likeness (QED) is 0.192. The Kier molecular flexibility index (Phi) is 5.97. The van der Waals surface area contributed by atoms with E-state index in [1.54, 1.807) is 0 Å². The van der Waals surface area contributed by atoms with Crippen molar-refractivity contribution < 1.29 is 4.42 Å². The molecule has 0 amide bonds. The van der Waals surface area contributed by atoms with E-state index in [2.05, 4.69) is 176 Å². The van der Waals surface area contributed by atoms with Crippen molar-refractivity contribution in [1.29, 1.82) is 0 Å². The summed E-state index contributed by atoms with van der Waals surface area (Å²) in [6, 6.07) is 56.9. The topological polar surface area (TPSA) is 30.1 Å². The number of para-hydroxylation sites is 2. The summed E-state index contributed by atoms with van der Waals surface area (Å²) in [7, 11) is 2.39. The van der Waals surface area contributed by atoms with Crippen LogP contribution in [0.25, 0.3) is 82.5 Å². The van der Waals surface area contributed by atoms with Crippen LogP contribution in [0.1, 0.15) is 5.56 Å². The van der Waals surface area contributed by atoms with Gasteiger partial charge >= 0.3 is 0 Å². The summed E-state index contributed by atoms with van der Waals surface area (Å²) < 4.78 is 9.01. The fraction of sp³-hybridized carbons (Fsp3) is 0.0213. The third kappa shape index (κ3) is 4.20. The van der Waals surface area contributed by atoms with Crippen LogP contribution in [-0.4, -0.2) is 11.8 Å². The van der Waals surface area contributed by atoms with E-state index in [9.17, 15) is 0 Å². The fourth-order valence-corrected chi connectivity index (χ4v) is 8.31. The van der Waals surface area contributed by atoms with Gasteiger partial charge in [0.15, 0.2) is 7.28 Å². The molecule has 0 fully saturated rings. The van der Waals surface area contributed by atoms with E-state index in [0.717, 1.165) is 44.3 Å². The number of hydrogen-bond acceptors (Lipinski definition) is 2. The highest BCUT2D eigenvalue weighted by Gasteiger charge is 2.30. The first-order valence-electron chi connectivity index (χ1n) is 17.5. The first kappa shape index (κ1) is 28.3.